The molecule has 0 aliphatic rings. The topological polar surface area (TPSA) is 153 Å². The molecule has 1 aromatic carbocycles. The van der Waals surface area contributed by atoms with Crippen molar-refractivity contribution in [2.75, 3.05) is 0 Å². The molecule has 0 aliphatic heterocycles. The third kappa shape index (κ3) is 2.33. The molecule has 1 N–H and O–H groups in total. The van der Waals surface area contributed by atoms with Crippen LogP contribution < -0.4 is 0 Å². The molecule has 0 bridgehead atoms. The van der Waals surface area contributed by atoms with Crippen LogP contribution >= 0.6 is 0 Å². The molecular weight excluding hydrogens is 250 g/mol. The van der Waals surface area contributed by atoms with E-state index in [0.717, 1.165) is 6.08 Å². The molecule has 0 atom stereocenters. The molecule has 18 heavy (non-hydrogen) atoms. The molecule has 0 spiro atoms. The predicted octanol–water partition coefficient (Wildman–Crippen LogP) is 1.17. The van der Waals surface area contributed by atoms with E-state index in [2.05, 4.69) is 4.99 Å². The number of nitro groups is 2. The van der Waals surface area contributed by atoms with E-state index in [1.807, 2.05) is 0 Å². The number of aromatic carboxylic acids is 1. The number of nitro benzene ring substituents is 2. The van der Waals surface area contributed by atoms with Crippen molar-refractivity contribution in [2.45, 2.75) is 0 Å². The van der Waals surface area contributed by atoms with Gasteiger partial charge in [0.1, 0.15) is 0 Å². The summed E-state index contributed by atoms with van der Waals surface area (Å²) in [4.78, 5) is 42.8. The summed E-state index contributed by atoms with van der Waals surface area (Å²) in [5.74, 6) is -1.58. The van der Waals surface area contributed by atoms with Gasteiger partial charge in [-0.1, -0.05) is 0 Å². The molecule has 1 rings (SSSR count). The van der Waals surface area contributed by atoms with Gasteiger partial charge in [0.05, 0.1) is 15.4 Å². The van der Waals surface area contributed by atoms with Crippen LogP contribution in [0.15, 0.2) is 17.1 Å². The van der Waals surface area contributed by atoms with Crippen LogP contribution in [-0.4, -0.2) is 27.0 Å². The molecule has 0 radical (unpaired) electrons. The summed E-state index contributed by atoms with van der Waals surface area (Å²) in [6.45, 7) is 0. The fraction of sp³-hybridized carbons (Fsp3) is 0. The second-order valence-electron chi connectivity index (χ2n) is 2.89. The van der Waals surface area contributed by atoms with Crippen LogP contribution in [0.3, 0.4) is 0 Å². The van der Waals surface area contributed by atoms with E-state index in [4.69, 9.17) is 5.11 Å². The minimum atomic E-state index is -1.58. The van der Waals surface area contributed by atoms with E-state index in [-0.39, 0.29) is 0 Å². The first kappa shape index (κ1) is 12.9. The van der Waals surface area contributed by atoms with Gasteiger partial charge in [-0.05, 0) is 0 Å². The number of carbonyl (C=O) groups excluding carboxylic acids is 1. The summed E-state index contributed by atoms with van der Waals surface area (Å²) in [6, 6.07) is 1.15. The molecule has 10 nitrogen and oxygen atoms in total. The molecule has 0 heterocycles. The second-order valence-corrected chi connectivity index (χ2v) is 2.89. The molecule has 0 saturated heterocycles. The maximum Gasteiger partial charge on any atom is 0.336 e. The Morgan fingerprint density at radius 3 is 1.94 bits per heavy atom. The van der Waals surface area contributed by atoms with E-state index in [1.165, 1.54) is 0 Å². The van der Waals surface area contributed by atoms with Crippen LogP contribution in [0.25, 0.3) is 0 Å². The first-order valence-electron chi connectivity index (χ1n) is 4.16. The summed E-state index contributed by atoms with van der Waals surface area (Å²) < 4.78 is 0. The van der Waals surface area contributed by atoms with Gasteiger partial charge in [0.15, 0.2) is 0 Å². The Hall–Kier alpha value is -3.13. The van der Waals surface area contributed by atoms with Crippen molar-refractivity contribution >= 4 is 29.1 Å². The molecule has 0 aromatic heterocycles. The fourth-order valence-electron chi connectivity index (χ4n) is 1.17. The van der Waals surface area contributed by atoms with Crippen molar-refractivity contribution < 1.29 is 24.5 Å². The molecular formula is C8H3N3O7. The Morgan fingerprint density at radius 1 is 1.22 bits per heavy atom. The minimum Gasteiger partial charge on any atom is -0.478 e. The lowest BCUT2D eigenvalue weighted by Gasteiger charge is -2.00. The van der Waals surface area contributed by atoms with Crippen molar-refractivity contribution in [2.24, 2.45) is 4.99 Å². The van der Waals surface area contributed by atoms with Crippen molar-refractivity contribution in [1.82, 2.24) is 0 Å². The van der Waals surface area contributed by atoms with Gasteiger partial charge >= 0.3 is 17.3 Å². The number of nitrogens with zero attached hydrogens (tertiary/aromatic N) is 3. The maximum atomic E-state index is 10.7. The molecule has 10 heteroatoms. The summed E-state index contributed by atoms with van der Waals surface area (Å²) in [6.07, 6.45) is 0.942. The van der Waals surface area contributed by atoms with Crippen LogP contribution in [0.1, 0.15) is 10.4 Å². The highest BCUT2D eigenvalue weighted by Gasteiger charge is 2.28. The van der Waals surface area contributed by atoms with Crippen molar-refractivity contribution in [3.05, 3.63) is 37.9 Å². The highest BCUT2D eigenvalue weighted by molar-refractivity contribution is 5.92. The fourth-order valence-corrected chi connectivity index (χ4v) is 1.17. The number of isocyanates is 1. The Morgan fingerprint density at radius 2 is 1.67 bits per heavy atom. The van der Waals surface area contributed by atoms with E-state index in [9.17, 15) is 29.8 Å². The lowest BCUT2D eigenvalue weighted by Crippen LogP contribution is -2.01. The summed E-state index contributed by atoms with van der Waals surface area (Å²) in [5, 5.41) is 30.0. The summed E-state index contributed by atoms with van der Waals surface area (Å²) in [7, 11) is 0. The smallest absolute Gasteiger partial charge is 0.336 e. The minimum absolute atomic E-state index is 0.575. The maximum absolute atomic E-state index is 10.7. The van der Waals surface area contributed by atoms with Gasteiger partial charge in [-0.15, -0.1) is 0 Å². The van der Waals surface area contributed by atoms with Crippen molar-refractivity contribution in [3.63, 3.8) is 0 Å². The SMILES string of the molecule is O=C=Nc1c([N+](=O)[O-])cc(C(=O)O)cc1[N+](=O)[O-]. The number of carboxylic acids is 1. The number of aliphatic imine (C=N–C) groups is 1. The molecule has 0 fully saturated rings. The van der Waals surface area contributed by atoms with E-state index in [0.29, 0.717) is 12.1 Å². The number of benzene rings is 1. The van der Waals surface area contributed by atoms with Gasteiger partial charge in [0, 0.05) is 12.1 Å². The van der Waals surface area contributed by atoms with Gasteiger partial charge in [0.2, 0.25) is 11.8 Å². The zero-order valence-corrected chi connectivity index (χ0v) is 8.39. The van der Waals surface area contributed by atoms with Gasteiger partial charge in [-0.2, -0.15) is 4.99 Å². The van der Waals surface area contributed by atoms with E-state index < -0.39 is 38.4 Å². The molecule has 0 amide bonds. The third-order valence-electron chi connectivity index (χ3n) is 1.87. The zero-order chi connectivity index (χ0) is 13.9. The van der Waals surface area contributed by atoms with Crippen molar-refractivity contribution in [3.8, 4) is 0 Å². The molecule has 92 valence electrons. The Balaban J connectivity index is 3.76. The second kappa shape index (κ2) is 4.80. The predicted molar refractivity (Wildman–Crippen MR) is 54.5 cm³/mol. The van der Waals surface area contributed by atoms with Gasteiger partial charge < -0.3 is 5.11 Å². The molecule has 0 unspecified atom stereocenters. The van der Waals surface area contributed by atoms with Gasteiger partial charge in [-0.3, -0.25) is 20.2 Å². The Kier molecular flexibility index (Phi) is 3.45. The monoisotopic (exact) mass is 253 g/mol. The standard InChI is InChI=1S/C8H3N3O7/c12-3-9-7-5(10(15)16)1-4(8(13)14)2-6(7)11(17)18/h1-2H,(H,13,14). The average Bonchev–Trinajstić information content (AvgIpc) is 2.28. The van der Waals surface area contributed by atoms with Crippen LogP contribution in [0, 0.1) is 20.2 Å². The first-order chi connectivity index (χ1) is 8.38. The van der Waals surface area contributed by atoms with Crippen LogP contribution in [-0.2, 0) is 4.79 Å². The number of carboxylic acid groups (broad SMARTS) is 1. The van der Waals surface area contributed by atoms with Crippen LogP contribution in [0.5, 0.6) is 0 Å². The zero-order valence-electron chi connectivity index (χ0n) is 8.39. The van der Waals surface area contributed by atoms with Crippen LogP contribution in [0.2, 0.25) is 0 Å². The number of hydrogen-bond acceptors (Lipinski definition) is 7. The van der Waals surface area contributed by atoms with Crippen molar-refractivity contribution in [1.29, 1.82) is 0 Å². The molecule has 0 aliphatic carbocycles. The van der Waals surface area contributed by atoms with E-state index in [1.54, 1.807) is 0 Å². The Bertz CT molecular complexity index is 568. The van der Waals surface area contributed by atoms with E-state index >= 15 is 0 Å². The number of carbonyl (C=O) groups is 1. The quantitative estimate of drug-likeness (QED) is 0.365. The number of rotatable bonds is 4. The Labute approximate surface area is 97.5 Å². The summed E-state index contributed by atoms with van der Waals surface area (Å²) in [5.41, 5.74) is -3.40. The number of hydrogen-bond donors (Lipinski definition) is 1. The largest absolute Gasteiger partial charge is 0.478 e. The highest BCUT2D eigenvalue weighted by atomic mass is 16.6. The third-order valence-corrected chi connectivity index (χ3v) is 1.87. The lowest BCUT2D eigenvalue weighted by molar-refractivity contribution is -0.392. The molecule has 1 aromatic rings. The highest BCUT2D eigenvalue weighted by Crippen LogP contribution is 2.37. The lowest BCUT2D eigenvalue weighted by atomic mass is 10.1. The van der Waals surface area contributed by atoms with Gasteiger partial charge in [-0.25, -0.2) is 9.59 Å². The van der Waals surface area contributed by atoms with Crippen LogP contribution in [0.4, 0.5) is 17.1 Å². The normalized spacial score (nSPS) is 9.33. The summed E-state index contributed by atoms with van der Waals surface area (Å²) >= 11 is 0. The average molecular weight is 253 g/mol. The van der Waals surface area contributed by atoms with Gasteiger partial charge in [0.25, 0.3) is 0 Å². The molecule has 0 saturated carbocycles. The first-order valence-corrected chi connectivity index (χ1v) is 4.16.